The van der Waals surface area contributed by atoms with Crippen LogP contribution in [0.25, 0.3) is 22.9 Å². The second kappa shape index (κ2) is 5.55. The zero-order chi connectivity index (χ0) is 16.7. The summed E-state index contributed by atoms with van der Waals surface area (Å²) < 4.78 is 5.09. The van der Waals surface area contributed by atoms with Gasteiger partial charge in [0.1, 0.15) is 18.5 Å². The summed E-state index contributed by atoms with van der Waals surface area (Å²) in [5.74, 6) is 1.57. The lowest BCUT2D eigenvalue weighted by atomic mass is 10.2. The van der Waals surface area contributed by atoms with Crippen LogP contribution in [0.4, 0.5) is 0 Å². The van der Waals surface area contributed by atoms with Crippen LogP contribution in [-0.4, -0.2) is 43.9 Å². The highest BCUT2D eigenvalue weighted by Gasteiger charge is 2.18. The van der Waals surface area contributed by atoms with Gasteiger partial charge in [0, 0.05) is 6.54 Å². The summed E-state index contributed by atoms with van der Waals surface area (Å²) in [6.45, 7) is 4.63. The SMILES string of the molecule is CCCCCn1c2nc(-n3cnnc3)[nH]c2c(=O)n2c(C)nnc12. The fraction of sp³-hybridized carbons (Fsp3) is 0.429. The highest BCUT2D eigenvalue weighted by atomic mass is 16.1. The molecular formula is C14H17N9O. The van der Waals surface area contributed by atoms with E-state index in [0.717, 1.165) is 25.8 Å². The number of unbranched alkanes of at least 4 members (excludes halogenated alkanes) is 2. The minimum absolute atomic E-state index is 0.207. The lowest BCUT2D eigenvalue weighted by molar-refractivity contribution is 0.612. The molecule has 0 saturated carbocycles. The summed E-state index contributed by atoms with van der Waals surface area (Å²) in [5.41, 5.74) is 0.784. The fourth-order valence-corrected chi connectivity index (χ4v) is 2.82. The molecule has 4 aromatic heterocycles. The summed E-state index contributed by atoms with van der Waals surface area (Å²) in [6.07, 6.45) is 6.24. The summed E-state index contributed by atoms with van der Waals surface area (Å²) in [5, 5.41) is 15.8. The maximum atomic E-state index is 12.8. The number of fused-ring (bicyclic) bond motifs is 2. The predicted molar refractivity (Wildman–Crippen MR) is 86.1 cm³/mol. The molecule has 4 aromatic rings. The number of H-pyrrole nitrogens is 1. The second-order valence-corrected chi connectivity index (χ2v) is 5.67. The molecule has 124 valence electrons. The Morgan fingerprint density at radius 1 is 1.17 bits per heavy atom. The average molecular weight is 327 g/mol. The molecular weight excluding hydrogens is 310 g/mol. The van der Waals surface area contributed by atoms with Crippen LogP contribution in [0.15, 0.2) is 17.4 Å². The summed E-state index contributed by atoms with van der Waals surface area (Å²) in [6, 6.07) is 0. The van der Waals surface area contributed by atoms with E-state index < -0.39 is 0 Å². The van der Waals surface area contributed by atoms with Crippen molar-refractivity contribution in [1.29, 1.82) is 0 Å². The molecule has 0 aliphatic carbocycles. The smallest absolute Gasteiger partial charge is 0.286 e. The molecule has 4 heterocycles. The number of nitrogens with one attached hydrogen (secondary N) is 1. The van der Waals surface area contributed by atoms with Crippen molar-refractivity contribution >= 4 is 16.9 Å². The average Bonchev–Trinajstić information content (AvgIpc) is 3.29. The van der Waals surface area contributed by atoms with Crippen LogP contribution < -0.4 is 5.56 Å². The van der Waals surface area contributed by atoms with Crippen molar-refractivity contribution in [2.75, 3.05) is 0 Å². The molecule has 0 amide bonds. The van der Waals surface area contributed by atoms with Gasteiger partial charge >= 0.3 is 0 Å². The Labute approximate surface area is 136 Å². The van der Waals surface area contributed by atoms with E-state index in [1.807, 2.05) is 4.57 Å². The Kier molecular flexibility index (Phi) is 3.36. The van der Waals surface area contributed by atoms with Gasteiger partial charge < -0.3 is 4.98 Å². The minimum atomic E-state index is -0.207. The largest absolute Gasteiger partial charge is 0.317 e. The van der Waals surface area contributed by atoms with E-state index in [9.17, 15) is 4.79 Å². The molecule has 0 atom stereocenters. The highest BCUT2D eigenvalue weighted by Crippen LogP contribution is 2.15. The molecule has 24 heavy (non-hydrogen) atoms. The number of aromatic nitrogens is 9. The van der Waals surface area contributed by atoms with E-state index in [-0.39, 0.29) is 5.56 Å². The summed E-state index contributed by atoms with van der Waals surface area (Å²) >= 11 is 0. The van der Waals surface area contributed by atoms with E-state index >= 15 is 0 Å². The van der Waals surface area contributed by atoms with Crippen LogP contribution in [0, 0.1) is 6.92 Å². The van der Waals surface area contributed by atoms with Crippen molar-refractivity contribution in [3.63, 3.8) is 0 Å². The van der Waals surface area contributed by atoms with Gasteiger partial charge in [0.25, 0.3) is 5.56 Å². The predicted octanol–water partition coefficient (Wildman–Crippen LogP) is 0.847. The third kappa shape index (κ3) is 2.10. The van der Waals surface area contributed by atoms with Crippen LogP contribution in [-0.2, 0) is 6.54 Å². The fourth-order valence-electron chi connectivity index (χ4n) is 2.82. The lowest BCUT2D eigenvalue weighted by Crippen LogP contribution is -2.20. The van der Waals surface area contributed by atoms with Crippen LogP contribution in [0.5, 0.6) is 0 Å². The molecule has 4 rings (SSSR count). The number of aryl methyl sites for hydroxylation is 2. The van der Waals surface area contributed by atoms with Gasteiger partial charge in [-0.2, -0.15) is 4.98 Å². The molecule has 1 N–H and O–H groups in total. The topological polar surface area (TPSA) is 112 Å². The van der Waals surface area contributed by atoms with Gasteiger partial charge in [-0.3, -0.25) is 13.9 Å². The zero-order valence-electron chi connectivity index (χ0n) is 13.5. The summed E-state index contributed by atoms with van der Waals surface area (Å²) in [4.78, 5) is 20.4. The molecule has 0 bridgehead atoms. The molecule has 0 aliphatic rings. The number of rotatable bonds is 5. The quantitative estimate of drug-likeness (QED) is 0.544. The number of hydrogen-bond donors (Lipinski definition) is 1. The minimum Gasteiger partial charge on any atom is -0.317 e. The van der Waals surface area contributed by atoms with Crippen molar-refractivity contribution in [1.82, 2.24) is 43.9 Å². The Hall–Kier alpha value is -3.04. The first kappa shape index (κ1) is 14.5. The first-order valence-electron chi connectivity index (χ1n) is 7.90. The first-order valence-corrected chi connectivity index (χ1v) is 7.90. The molecule has 0 aromatic carbocycles. The van der Waals surface area contributed by atoms with Crippen LogP contribution in [0.2, 0.25) is 0 Å². The Bertz CT molecular complexity index is 1050. The molecule has 0 spiro atoms. The van der Waals surface area contributed by atoms with Gasteiger partial charge in [0.05, 0.1) is 0 Å². The van der Waals surface area contributed by atoms with E-state index in [0.29, 0.717) is 28.7 Å². The maximum absolute atomic E-state index is 12.8. The first-order chi connectivity index (χ1) is 11.7. The third-order valence-electron chi connectivity index (χ3n) is 4.04. The highest BCUT2D eigenvalue weighted by molar-refractivity contribution is 5.74. The third-order valence-corrected chi connectivity index (χ3v) is 4.04. The lowest BCUT2D eigenvalue weighted by Gasteiger charge is -2.08. The van der Waals surface area contributed by atoms with Crippen molar-refractivity contribution in [3.05, 3.63) is 28.8 Å². The number of nitrogens with zero attached hydrogens (tertiary/aromatic N) is 8. The van der Waals surface area contributed by atoms with Crippen molar-refractivity contribution in [2.45, 2.75) is 39.7 Å². The Morgan fingerprint density at radius 2 is 1.96 bits per heavy atom. The molecule has 0 aliphatic heterocycles. The van der Waals surface area contributed by atoms with E-state index in [2.05, 4.69) is 37.3 Å². The molecule has 0 fully saturated rings. The molecule has 10 nitrogen and oxygen atoms in total. The number of imidazole rings is 1. The second-order valence-electron chi connectivity index (χ2n) is 5.67. The van der Waals surface area contributed by atoms with Gasteiger partial charge in [0.2, 0.25) is 11.7 Å². The van der Waals surface area contributed by atoms with Crippen molar-refractivity contribution in [2.24, 2.45) is 0 Å². The van der Waals surface area contributed by atoms with Gasteiger partial charge in [-0.25, -0.2) is 4.40 Å². The molecule has 0 unspecified atom stereocenters. The molecule has 0 saturated heterocycles. The number of aromatic amines is 1. The Morgan fingerprint density at radius 3 is 2.71 bits per heavy atom. The molecule has 0 radical (unpaired) electrons. The van der Waals surface area contributed by atoms with E-state index in [1.54, 1.807) is 11.5 Å². The van der Waals surface area contributed by atoms with Crippen molar-refractivity contribution in [3.8, 4) is 5.95 Å². The van der Waals surface area contributed by atoms with Gasteiger partial charge in [-0.15, -0.1) is 20.4 Å². The maximum Gasteiger partial charge on any atom is 0.286 e. The van der Waals surface area contributed by atoms with Gasteiger partial charge in [-0.1, -0.05) is 19.8 Å². The monoisotopic (exact) mass is 327 g/mol. The Balaban J connectivity index is 2.00. The van der Waals surface area contributed by atoms with E-state index in [1.165, 1.54) is 17.1 Å². The molecule has 10 heteroatoms. The summed E-state index contributed by atoms with van der Waals surface area (Å²) in [7, 11) is 0. The van der Waals surface area contributed by atoms with Gasteiger partial charge in [-0.05, 0) is 13.3 Å². The van der Waals surface area contributed by atoms with Crippen LogP contribution >= 0.6 is 0 Å². The van der Waals surface area contributed by atoms with E-state index in [4.69, 9.17) is 0 Å². The van der Waals surface area contributed by atoms with Gasteiger partial charge in [0.15, 0.2) is 11.2 Å². The standard InChI is InChI=1S/C14H17N9O/c1-3-4-5-6-22-11-10(12(24)23-9(2)19-20-14(22)23)17-13(18-11)21-7-15-16-8-21/h7-8H,3-6H2,1-2H3,(H,17,18). The van der Waals surface area contributed by atoms with Crippen LogP contribution in [0.1, 0.15) is 32.0 Å². The zero-order valence-corrected chi connectivity index (χ0v) is 13.5. The number of hydrogen-bond acceptors (Lipinski definition) is 6. The van der Waals surface area contributed by atoms with Crippen LogP contribution in [0.3, 0.4) is 0 Å². The normalized spacial score (nSPS) is 11.8. The van der Waals surface area contributed by atoms with Crippen molar-refractivity contribution < 1.29 is 0 Å².